The summed E-state index contributed by atoms with van der Waals surface area (Å²) in [6.07, 6.45) is 2.22. The van der Waals surface area contributed by atoms with E-state index in [1.54, 1.807) is 11.3 Å². The first-order chi connectivity index (χ1) is 12.2. The molecule has 2 aromatic heterocycles. The van der Waals surface area contributed by atoms with Gasteiger partial charge >= 0.3 is 0 Å². The number of aromatic nitrogens is 1. The van der Waals surface area contributed by atoms with Crippen LogP contribution in [0.4, 0.5) is 0 Å². The number of nitrogens with zero attached hydrogens (tertiary/aromatic N) is 1. The quantitative estimate of drug-likeness (QED) is 0.766. The Morgan fingerprint density at radius 2 is 2.20 bits per heavy atom. The molecule has 1 atom stereocenters. The second-order valence-corrected chi connectivity index (χ2v) is 7.62. The van der Waals surface area contributed by atoms with Gasteiger partial charge in [0.05, 0.1) is 27.8 Å². The molecule has 0 saturated carbocycles. The van der Waals surface area contributed by atoms with Gasteiger partial charge < -0.3 is 10.1 Å². The number of para-hydroxylation sites is 1. The number of amides is 1. The minimum absolute atomic E-state index is 0.0661. The highest BCUT2D eigenvalue weighted by molar-refractivity contribution is 7.15. The SMILES string of the molecule is Cc1ccc(-c2cc(C(=O)NC[C@@H]3CCCO3)c3ccccc3n2)s1. The summed E-state index contributed by atoms with van der Waals surface area (Å²) < 4.78 is 5.60. The van der Waals surface area contributed by atoms with Gasteiger partial charge in [-0.1, -0.05) is 18.2 Å². The molecule has 0 unspecified atom stereocenters. The van der Waals surface area contributed by atoms with Crippen LogP contribution in [-0.2, 0) is 4.74 Å². The maximum absolute atomic E-state index is 12.8. The zero-order valence-corrected chi connectivity index (χ0v) is 14.9. The van der Waals surface area contributed by atoms with E-state index in [0.29, 0.717) is 12.1 Å². The molecule has 25 heavy (non-hydrogen) atoms. The predicted molar refractivity (Wildman–Crippen MR) is 101 cm³/mol. The van der Waals surface area contributed by atoms with Gasteiger partial charge in [0.1, 0.15) is 0 Å². The standard InChI is InChI=1S/C20H20N2O2S/c1-13-8-9-19(25-13)18-11-16(15-6-2-3-7-17(15)22-18)20(23)21-12-14-5-4-10-24-14/h2-3,6-9,11,14H,4-5,10,12H2,1H3,(H,21,23)/t14-/m0/s1. The Kier molecular flexibility index (Phi) is 4.51. The molecule has 0 aliphatic carbocycles. The number of benzene rings is 1. The maximum atomic E-state index is 12.8. The van der Waals surface area contributed by atoms with Crippen LogP contribution in [0.15, 0.2) is 42.5 Å². The summed E-state index contributed by atoms with van der Waals surface area (Å²) in [5.74, 6) is -0.0661. The molecule has 1 aromatic carbocycles. The van der Waals surface area contributed by atoms with Gasteiger partial charge in [-0.15, -0.1) is 11.3 Å². The Morgan fingerprint density at radius 3 is 2.96 bits per heavy atom. The van der Waals surface area contributed by atoms with E-state index in [2.05, 4.69) is 24.4 Å². The number of carbonyl (C=O) groups excluding carboxylic acids is 1. The average Bonchev–Trinajstić information content (AvgIpc) is 3.30. The van der Waals surface area contributed by atoms with E-state index in [1.165, 1.54) is 4.88 Å². The number of nitrogens with one attached hydrogen (secondary N) is 1. The number of hydrogen-bond donors (Lipinski definition) is 1. The molecule has 1 amide bonds. The van der Waals surface area contributed by atoms with Crippen LogP contribution in [0.5, 0.6) is 0 Å². The van der Waals surface area contributed by atoms with Crippen molar-refractivity contribution >= 4 is 28.1 Å². The first-order valence-electron chi connectivity index (χ1n) is 8.57. The monoisotopic (exact) mass is 352 g/mol. The summed E-state index contributed by atoms with van der Waals surface area (Å²) in [6.45, 7) is 3.42. The fraction of sp³-hybridized carbons (Fsp3) is 0.300. The van der Waals surface area contributed by atoms with Crippen LogP contribution in [-0.4, -0.2) is 30.1 Å². The molecule has 0 bridgehead atoms. The van der Waals surface area contributed by atoms with Crippen molar-refractivity contribution < 1.29 is 9.53 Å². The minimum atomic E-state index is -0.0661. The lowest BCUT2D eigenvalue weighted by Gasteiger charge is -2.13. The third-order valence-electron chi connectivity index (χ3n) is 4.47. The number of rotatable bonds is 4. The highest BCUT2D eigenvalue weighted by Crippen LogP contribution is 2.29. The molecular formula is C20H20N2O2S. The molecule has 128 valence electrons. The van der Waals surface area contributed by atoms with Crippen molar-refractivity contribution in [3.63, 3.8) is 0 Å². The smallest absolute Gasteiger partial charge is 0.252 e. The lowest BCUT2D eigenvalue weighted by atomic mass is 10.1. The van der Waals surface area contributed by atoms with Crippen LogP contribution < -0.4 is 5.32 Å². The Morgan fingerprint density at radius 1 is 1.32 bits per heavy atom. The van der Waals surface area contributed by atoms with E-state index in [9.17, 15) is 4.79 Å². The fourth-order valence-corrected chi connectivity index (χ4v) is 4.00. The van der Waals surface area contributed by atoms with Crippen LogP contribution in [0.25, 0.3) is 21.5 Å². The first-order valence-corrected chi connectivity index (χ1v) is 9.39. The van der Waals surface area contributed by atoms with E-state index in [0.717, 1.165) is 40.9 Å². The summed E-state index contributed by atoms with van der Waals surface area (Å²) in [6, 6.07) is 13.8. The van der Waals surface area contributed by atoms with E-state index in [-0.39, 0.29) is 12.0 Å². The van der Waals surface area contributed by atoms with Crippen molar-refractivity contribution in [3.05, 3.63) is 52.9 Å². The Hall–Kier alpha value is -2.24. The van der Waals surface area contributed by atoms with Gasteiger partial charge in [0.25, 0.3) is 5.91 Å². The lowest BCUT2D eigenvalue weighted by Crippen LogP contribution is -2.31. The maximum Gasteiger partial charge on any atom is 0.252 e. The van der Waals surface area contributed by atoms with Gasteiger partial charge in [-0.2, -0.15) is 0 Å². The summed E-state index contributed by atoms with van der Waals surface area (Å²) in [5, 5.41) is 3.91. The number of fused-ring (bicyclic) bond motifs is 1. The highest BCUT2D eigenvalue weighted by Gasteiger charge is 2.19. The lowest BCUT2D eigenvalue weighted by molar-refractivity contribution is 0.0859. The second-order valence-electron chi connectivity index (χ2n) is 6.33. The van der Waals surface area contributed by atoms with Gasteiger partial charge in [0.2, 0.25) is 0 Å². The molecule has 0 spiro atoms. The van der Waals surface area contributed by atoms with Crippen molar-refractivity contribution in [2.45, 2.75) is 25.9 Å². The number of pyridine rings is 1. The number of ether oxygens (including phenoxy) is 1. The summed E-state index contributed by atoms with van der Waals surface area (Å²) in [7, 11) is 0. The Bertz CT molecular complexity index is 913. The summed E-state index contributed by atoms with van der Waals surface area (Å²) >= 11 is 1.69. The molecule has 3 aromatic rings. The normalized spacial score (nSPS) is 17.1. The van der Waals surface area contributed by atoms with Gasteiger partial charge in [-0.25, -0.2) is 4.98 Å². The molecular weight excluding hydrogens is 332 g/mol. The molecule has 1 saturated heterocycles. The van der Waals surface area contributed by atoms with Crippen molar-refractivity contribution in [2.24, 2.45) is 0 Å². The van der Waals surface area contributed by atoms with Crippen LogP contribution in [0.2, 0.25) is 0 Å². The van der Waals surface area contributed by atoms with Crippen LogP contribution in [0.3, 0.4) is 0 Å². The van der Waals surface area contributed by atoms with Gasteiger partial charge in [0, 0.05) is 23.4 Å². The molecule has 1 aliphatic heterocycles. The largest absolute Gasteiger partial charge is 0.376 e. The number of hydrogen-bond acceptors (Lipinski definition) is 4. The zero-order valence-electron chi connectivity index (χ0n) is 14.1. The van der Waals surface area contributed by atoms with Gasteiger partial charge in [0.15, 0.2) is 0 Å². The summed E-state index contributed by atoms with van der Waals surface area (Å²) in [5.41, 5.74) is 2.36. The third kappa shape index (κ3) is 3.43. The molecule has 4 rings (SSSR count). The van der Waals surface area contributed by atoms with E-state index in [4.69, 9.17) is 9.72 Å². The minimum Gasteiger partial charge on any atom is -0.376 e. The Labute approximate surface area is 150 Å². The van der Waals surface area contributed by atoms with Gasteiger partial charge in [-0.05, 0) is 44.0 Å². The summed E-state index contributed by atoms with van der Waals surface area (Å²) in [4.78, 5) is 19.9. The predicted octanol–water partition coefficient (Wildman–Crippen LogP) is 4.18. The first kappa shape index (κ1) is 16.2. The van der Waals surface area contributed by atoms with Crippen LogP contribution in [0, 0.1) is 6.92 Å². The topological polar surface area (TPSA) is 51.2 Å². The zero-order chi connectivity index (χ0) is 17.2. The number of thiophene rings is 1. The number of carbonyl (C=O) groups is 1. The van der Waals surface area contributed by atoms with Crippen LogP contribution >= 0.6 is 11.3 Å². The second kappa shape index (κ2) is 6.94. The van der Waals surface area contributed by atoms with E-state index in [1.807, 2.05) is 30.3 Å². The fourth-order valence-electron chi connectivity index (χ4n) is 3.17. The third-order valence-corrected chi connectivity index (χ3v) is 5.49. The van der Waals surface area contributed by atoms with Gasteiger partial charge in [-0.3, -0.25) is 4.79 Å². The molecule has 3 heterocycles. The van der Waals surface area contributed by atoms with Crippen molar-refractivity contribution in [3.8, 4) is 10.6 Å². The average molecular weight is 352 g/mol. The van der Waals surface area contributed by atoms with E-state index < -0.39 is 0 Å². The number of aryl methyl sites for hydroxylation is 1. The Balaban J connectivity index is 1.69. The molecule has 5 heteroatoms. The molecule has 0 radical (unpaired) electrons. The highest BCUT2D eigenvalue weighted by atomic mass is 32.1. The molecule has 1 aliphatic rings. The van der Waals surface area contributed by atoms with Crippen molar-refractivity contribution in [2.75, 3.05) is 13.2 Å². The molecule has 1 N–H and O–H groups in total. The molecule has 1 fully saturated rings. The van der Waals surface area contributed by atoms with Crippen LogP contribution in [0.1, 0.15) is 28.1 Å². The van der Waals surface area contributed by atoms with E-state index >= 15 is 0 Å². The van der Waals surface area contributed by atoms with Crippen molar-refractivity contribution in [1.29, 1.82) is 0 Å². The molecule has 4 nitrogen and oxygen atoms in total. The van der Waals surface area contributed by atoms with Crippen molar-refractivity contribution in [1.82, 2.24) is 10.3 Å².